The summed E-state index contributed by atoms with van der Waals surface area (Å²) in [5.74, 6) is -2.05. The van der Waals surface area contributed by atoms with Crippen molar-refractivity contribution in [3.63, 3.8) is 0 Å². The number of fused-ring (bicyclic) bond motifs is 2. The van der Waals surface area contributed by atoms with E-state index in [4.69, 9.17) is 10.5 Å². The third-order valence-corrected chi connectivity index (χ3v) is 5.85. The zero-order valence-electron chi connectivity index (χ0n) is 15.1. The van der Waals surface area contributed by atoms with Crippen molar-refractivity contribution in [1.82, 2.24) is 10.2 Å². The van der Waals surface area contributed by atoms with Crippen LogP contribution in [0, 0.1) is 0 Å². The van der Waals surface area contributed by atoms with Crippen LogP contribution in [0.1, 0.15) is 37.7 Å². The molecule has 0 spiro atoms. The maximum atomic E-state index is 12.4. The second-order valence-corrected chi connectivity index (χ2v) is 7.60. The molecule has 4 N–H and O–H groups in total. The van der Waals surface area contributed by atoms with E-state index in [2.05, 4.69) is 15.5 Å². The lowest BCUT2D eigenvalue weighted by molar-refractivity contribution is -0.119. The van der Waals surface area contributed by atoms with Crippen molar-refractivity contribution < 1.29 is 19.1 Å². The number of aromatic nitrogens is 2. The Labute approximate surface area is 167 Å². The zero-order chi connectivity index (χ0) is 20.5. The molecule has 9 nitrogen and oxygen atoms in total. The van der Waals surface area contributed by atoms with Gasteiger partial charge < -0.3 is 15.8 Å². The van der Waals surface area contributed by atoms with E-state index in [1.807, 2.05) is 0 Å². The third-order valence-electron chi connectivity index (χ3n) is 4.64. The second kappa shape index (κ2) is 7.47. The van der Waals surface area contributed by atoms with Gasteiger partial charge in [0.1, 0.15) is 5.00 Å². The number of hydrogen-bond donors (Lipinski definition) is 3. The topological polar surface area (TPSA) is 144 Å². The van der Waals surface area contributed by atoms with E-state index in [1.54, 1.807) is 24.3 Å². The summed E-state index contributed by atoms with van der Waals surface area (Å²) in [6.45, 7) is -0.575. The lowest BCUT2D eigenvalue weighted by Gasteiger charge is -2.08. The van der Waals surface area contributed by atoms with Gasteiger partial charge >= 0.3 is 5.97 Å². The van der Waals surface area contributed by atoms with Gasteiger partial charge in [-0.15, -0.1) is 11.3 Å². The first kappa shape index (κ1) is 18.8. The molecule has 0 bridgehead atoms. The van der Waals surface area contributed by atoms with E-state index in [1.165, 1.54) is 11.3 Å². The predicted molar refractivity (Wildman–Crippen MR) is 106 cm³/mol. The number of hydrogen-bond acceptors (Lipinski definition) is 7. The number of carbonyl (C=O) groups excluding carboxylic acids is 3. The number of thiophene rings is 1. The van der Waals surface area contributed by atoms with Gasteiger partial charge in [0.25, 0.3) is 17.4 Å². The van der Waals surface area contributed by atoms with Crippen LogP contribution < -0.4 is 16.6 Å². The molecular formula is C19H16N4O5S. The number of aryl methyl sites for hydroxylation is 1. The van der Waals surface area contributed by atoms with Gasteiger partial charge in [0, 0.05) is 10.3 Å². The van der Waals surface area contributed by atoms with Gasteiger partial charge in [-0.1, -0.05) is 18.2 Å². The summed E-state index contributed by atoms with van der Waals surface area (Å²) in [7, 11) is 0. The number of benzene rings is 1. The highest BCUT2D eigenvalue weighted by molar-refractivity contribution is 7.17. The highest BCUT2D eigenvalue weighted by atomic mass is 32.1. The van der Waals surface area contributed by atoms with Crippen LogP contribution in [0.15, 0.2) is 29.1 Å². The van der Waals surface area contributed by atoms with Crippen LogP contribution in [0.4, 0.5) is 5.00 Å². The summed E-state index contributed by atoms with van der Waals surface area (Å²) in [6.07, 6.45) is 2.55. The molecule has 2 heterocycles. The number of carbonyl (C=O) groups is 3. The first-order chi connectivity index (χ1) is 14.0. The fraction of sp³-hybridized carbons (Fsp3) is 0.211. The van der Waals surface area contributed by atoms with Crippen LogP contribution >= 0.6 is 11.3 Å². The number of primary amides is 1. The molecule has 0 unspecified atom stereocenters. The Morgan fingerprint density at radius 2 is 1.97 bits per heavy atom. The van der Waals surface area contributed by atoms with Crippen LogP contribution in [0.2, 0.25) is 0 Å². The Kier molecular flexibility index (Phi) is 4.85. The number of nitrogens with one attached hydrogen (secondary N) is 2. The number of rotatable bonds is 5. The summed E-state index contributed by atoms with van der Waals surface area (Å²) in [4.78, 5) is 49.2. The molecule has 0 saturated carbocycles. The van der Waals surface area contributed by atoms with Gasteiger partial charge in [0.2, 0.25) is 0 Å². The number of nitrogens with two attached hydrogens (primary N) is 1. The summed E-state index contributed by atoms with van der Waals surface area (Å²) in [6, 6.07) is 6.45. The minimum absolute atomic E-state index is 0.0964. The molecular weight excluding hydrogens is 396 g/mol. The average molecular weight is 412 g/mol. The molecule has 2 amide bonds. The molecule has 1 aromatic carbocycles. The van der Waals surface area contributed by atoms with E-state index in [0.29, 0.717) is 16.0 Å². The first-order valence-corrected chi connectivity index (χ1v) is 9.66. The van der Waals surface area contributed by atoms with E-state index in [-0.39, 0.29) is 11.1 Å². The molecule has 2 aromatic heterocycles. The van der Waals surface area contributed by atoms with Crippen LogP contribution in [-0.2, 0) is 22.4 Å². The zero-order valence-corrected chi connectivity index (χ0v) is 15.9. The summed E-state index contributed by atoms with van der Waals surface area (Å²) >= 11 is 1.31. The molecule has 4 rings (SSSR count). The largest absolute Gasteiger partial charge is 0.451 e. The SMILES string of the molecule is NC(=O)c1c(NC(=O)COC(=O)c2n[nH]c(=O)c3ccccc23)sc2c1CCC2. The molecule has 1 aliphatic rings. The van der Waals surface area contributed by atoms with Gasteiger partial charge in [-0.2, -0.15) is 5.10 Å². The fourth-order valence-electron chi connectivity index (χ4n) is 3.39. The molecule has 10 heteroatoms. The highest BCUT2D eigenvalue weighted by Gasteiger charge is 2.26. The van der Waals surface area contributed by atoms with Gasteiger partial charge in [-0.25, -0.2) is 9.89 Å². The average Bonchev–Trinajstić information content (AvgIpc) is 3.27. The van der Waals surface area contributed by atoms with Crippen molar-refractivity contribution >= 4 is 44.9 Å². The smallest absolute Gasteiger partial charge is 0.359 e. The minimum atomic E-state index is -0.851. The molecule has 29 heavy (non-hydrogen) atoms. The van der Waals surface area contributed by atoms with Gasteiger partial charge in [-0.05, 0) is 30.9 Å². The maximum Gasteiger partial charge on any atom is 0.359 e. The Morgan fingerprint density at radius 1 is 1.21 bits per heavy atom. The molecule has 0 radical (unpaired) electrons. The number of anilines is 1. The number of aromatic amines is 1. The lowest BCUT2D eigenvalue weighted by atomic mass is 10.1. The Morgan fingerprint density at radius 3 is 2.72 bits per heavy atom. The number of amides is 2. The predicted octanol–water partition coefficient (Wildman–Crippen LogP) is 1.37. The van der Waals surface area contributed by atoms with E-state index >= 15 is 0 Å². The molecule has 0 aliphatic heterocycles. The van der Waals surface area contributed by atoms with Crippen molar-refractivity contribution in [2.45, 2.75) is 19.3 Å². The number of H-pyrrole nitrogens is 1. The number of nitrogens with zero attached hydrogens (tertiary/aromatic N) is 1. The lowest BCUT2D eigenvalue weighted by Crippen LogP contribution is -2.24. The highest BCUT2D eigenvalue weighted by Crippen LogP contribution is 2.38. The molecule has 3 aromatic rings. The van der Waals surface area contributed by atoms with Crippen LogP contribution in [0.5, 0.6) is 0 Å². The van der Waals surface area contributed by atoms with Crippen molar-refractivity contribution in [3.05, 3.63) is 56.3 Å². The standard InChI is InChI=1S/C19H16N4O5S/c20-16(25)14-11-6-3-7-12(11)29-18(14)21-13(24)8-28-19(27)15-9-4-1-2-5-10(9)17(26)23-22-15/h1-2,4-5H,3,6-8H2,(H2,20,25)(H,21,24)(H,23,26). The molecule has 0 fully saturated rings. The van der Waals surface area contributed by atoms with Crippen molar-refractivity contribution in [2.75, 3.05) is 11.9 Å². The van der Waals surface area contributed by atoms with Gasteiger partial charge in [-0.3, -0.25) is 14.4 Å². The van der Waals surface area contributed by atoms with Crippen molar-refractivity contribution in [1.29, 1.82) is 0 Å². The molecule has 0 saturated heterocycles. The maximum absolute atomic E-state index is 12.4. The quantitative estimate of drug-likeness (QED) is 0.540. The second-order valence-electron chi connectivity index (χ2n) is 6.50. The normalized spacial score (nSPS) is 12.6. The van der Waals surface area contributed by atoms with Gasteiger partial charge in [0.05, 0.1) is 10.9 Å². The minimum Gasteiger partial charge on any atom is -0.451 e. The summed E-state index contributed by atoms with van der Waals surface area (Å²) in [5.41, 5.74) is 6.15. The molecule has 0 atom stereocenters. The molecule has 148 valence electrons. The van der Waals surface area contributed by atoms with E-state index < -0.39 is 29.9 Å². The van der Waals surface area contributed by atoms with Crippen LogP contribution in [0.25, 0.3) is 10.8 Å². The van der Waals surface area contributed by atoms with E-state index in [0.717, 1.165) is 29.7 Å². The number of ether oxygens (including phenoxy) is 1. The van der Waals surface area contributed by atoms with Crippen molar-refractivity contribution in [2.24, 2.45) is 5.73 Å². The summed E-state index contributed by atoms with van der Waals surface area (Å²) in [5, 5.41) is 9.56. The fourth-order valence-corrected chi connectivity index (χ4v) is 4.70. The first-order valence-electron chi connectivity index (χ1n) is 8.84. The third kappa shape index (κ3) is 3.49. The van der Waals surface area contributed by atoms with Gasteiger partial charge in [0.15, 0.2) is 12.3 Å². The Bertz CT molecular complexity index is 1210. The Balaban J connectivity index is 1.47. The number of esters is 1. The van der Waals surface area contributed by atoms with E-state index in [9.17, 15) is 19.2 Å². The molecule has 1 aliphatic carbocycles. The van der Waals surface area contributed by atoms with Crippen LogP contribution in [-0.4, -0.2) is 34.6 Å². The van der Waals surface area contributed by atoms with Crippen molar-refractivity contribution in [3.8, 4) is 0 Å². The summed E-state index contributed by atoms with van der Waals surface area (Å²) < 4.78 is 5.04. The monoisotopic (exact) mass is 412 g/mol. The Hall–Kier alpha value is -3.53. The van der Waals surface area contributed by atoms with Crippen LogP contribution in [0.3, 0.4) is 0 Å².